The van der Waals surface area contributed by atoms with E-state index >= 15 is 0 Å². The first-order valence-corrected chi connectivity index (χ1v) is 5.36. The van der Waals surface area contributed by atoms with Crippen molar-refractivity contribution in [2.24, 2.45) is 5.92 Å². The SMILES string of the molecule is CC(=O)OC(C)(c1ccccc1)[C@H](C)C(=O)O. The minimum absolute atomic E-state index is 0.496. The van der Waals surface area contributed by atoms with E-state index in [4.69, 9.17) is 9.84 Å². The van der Waals surface area contributed by atoms with Crippen LogP contribution in [0.3, 0.4) is 0 Å². The van der Waals surface area contributed by atoms with Gasteiger partial charge in [0, 0.05) is 6.92 Å². The predicted molar refractivity (Wildman–Crippen MR) is 62.4 cm³/mol. The molecule has 0 heterocycles. The van der Waals surface area contributed by atoms with Crippen LogP contribution in [0.5, 0.6) is 0 Å². The first-order chi connectivity index (χ1) is 7.88. The standard InChI is InChI=1S/C13H16O4/c1-9(12(15)16)13(3,17-10(2)14)11-7-5-4-6-8-11/h4-9H,1-3H3,(H,15,16)/t9-,13?/m1/s1. The van der Waals surface area contributed by atoms with Crippen LogP contribution in [0.15, 0.2) is 30.3 Å². The van der Waals surface area contributed by atoms with Crippen LogP contribution in [0.4, 0.5) is 0 Å². The van der Waals surface area contributed by atoms with E-state index in [1.165, 1.54) is 13.8 Å². The third kappa shape index (κ3) is 2.84. The number of rotatable bonds is 4. The van der Waals surface area contributed by atoms with Crippen molar-refractivity contribution in [3.05, 3.63) is 35.9 Å². The van der Waals surface area contributed by atoms with Crippen molar-refractivity contribution in [2.45, 2.75) is 26.4 Å². The number of ether oxygens (including phenoxy) is 1. The minimum Gasteiger partial charge on any atom is -0.481 e. The molecule has 0 saturated heterocycles. The van der Waals surface area contributed by atoms with Crippen molar-refractivity contribution < 1.29 is 19.4 Å². The normalized spacial score (nSPS) is 15.7. The summed E-state index contributed by atoms with van der Waals surface area (Å²) in [6.45, 7) is 4.41. The Morgan fingerprint density at radius 3 is 2.24 bits per heavy atom. The van der Waals surface area contributed by atoms with Gasteiger partial charge in [-0.05, 0) is 19.4 Å². The maximum absolute atomic E-state index is 11.1. The van der Waals surface area contributed by atoms with Gasteiger partial charge in [-0.3, -0.25) is 9.59 Å². The number of hydrogen-bond donors (Lipinski definition) is 1. The van der Waals surface area contributed by atoms with Gasteiger partial charge in [0.25, 0.3) is 0 Å². The lowest BCUT2D eigenvalue weighted by Crippen LogP contribution is -2.39. The third-order valence-corrected chi connectivity index (χ3v) is 2.90. The van der Waals surface area contributed by atoms with Crippen molar-refractivity contribution >= 4 is 11.9 Å². The van der Waals surface area contributed by atoms with Gasteiger partial charge in [0.1, 0.15) is 5.60 Å². The van der Waals surface area contributed by atoms with Gasteiger partial charge in [0.15, 0.2) is 0 Å². The third-order valence-electron chi connectivity index (χ3n) is 2.90. The summed E-state index contributed by atoms with van der Waals surface area (Å²) in [5.41, 5.74) is -0.482. The first kappa shape index (κ1) is 13.2. The fraction of sp³-hybridized carbons (Fsp3) is 0.385. The molecular weight excluding hydrogens is 220 g/mol. The molecule has 0 aliphatic rings. The van der Waals surface area contributed by atoms with Crippen LogP contribution >= 0.6 is 0 Å². The average Bonchev–Trinajstić information content (AvgIpc) is 2.28. The number of carbonyl (C=O) groups is 2. The maximum Gasteiger partial charge on any atom is 0.310 e. The van der Waals surface area contributed by atoms with Gasteiger partial charge < -0.3 is 9.84 Å². The number of esters is 1. The Bertz CT molecular complexity index is 413. The van der Waals surface area contributed by atoms with E-state index in [9.17, 15) is 9.59 Å². The second kappa shape index (κ2) is 4.99. The molecule has 0 spiro atoms. The van der Waals surface area contributed by atoms with Crippen LogP contribution in [0.25, 0.3) is 0 Å². The van der Waals surface area contributed by atoms with E-state index in [0.29, 0.717) is 5.56 Å². The van der Waals surface area contributed by atoms with Gasteiger partial charge in [-0.15, -0.1) is 0 Å². The predicted octanol–water partition coefficient (Wildman–Crippen LogP) is 2.19. The number of carbonyl (C=O) groups excluding carboxylic acids is 1. The zero-order chi connectivity index (χ0) is 13.1. The number of carboxylic acid groups (broad SMARTS) is 1. The fourth-order valence-corrected chi connectivity index (χ4v) is 1.70. The molecule has 0 amide bonds. The van der Waals surface area contributed by atoms with Crippen LogP contribution < -0.4 is 0 Å². The van der Waals surface area contributed by atoms with Crippen molar-refractivity contribution in [1.82, 2.24) is 0 Å². The van der Waals surface area contributed by atoms with Gasteiger partial charge >= 0.3 is 11.9 Å². The molecule has 1 aromatic rings. The fourth-order valence-electron chi connectivity index (χ4n) is 1.70. The summed E-state index contributed by atoms with van der Waals surface area (Å²) in [5, 5.41) is 9.10. The highest BCUT2D eigenvalue weighted by Crippen LogP contribution is 2.33. The van der Waals surface area contributed by atoms with Gasteiger partial charge in [0.2, 0.25) is 0 Å². The number of hydrogen-bond acceptors (Lipinski definition) is 3. The molecule has 17 heavy (non-hydrogen) atoms. The summed E-state index contributed by atoms with van der Waals surface area (Å²) in [4.78, 5) is 22.3. The van der Waals surface area contributed by atoms with Crippen molar-refractivity contribution in [3.63, 3.8) is 0 Å². The first-order valence-electron chi connectivity index (χ1n) is 5.36. The molecule has 0 aliphatic heterocycles. The summed E-state index contributed by atoms with van der Waals surface area (Å²) in [6.07, 6.45) is 0. The Balaban J connectivity index is 3.19. The minimum atomic E-state index is -1.15. The second-order valence-electron chi connectivity index (χ2n) is 4.13. The van der Waals surface area contributed by atoms with Crippen molar-refractivity contribution in [2.75, 3.05) is 0 Å². The molecule has 4 nitrogen and oxygen atoms in total. The van der Waals surface area contributed by atoms with E-state index in [2.05, 4.69) is 0 Å². The Kier molecular flexibility index (Phi) is 3.89. The molecule has 1 rings (SSSR count). The van der Waals surface area contributed by atoms with Crippen molar-refractivity contribution in [1.29, 1.82) is 0 Å². The van der Waals surface area contributed by atoms with Gasteiger partial charge in [-0.25, -0.2) is 0 Å². The lowest BCUT2D eigenvalue weighted by Gasteiger charge is -2.33. The highest BCUT2D eigenvalue weighted by molar-refractivity contribution is 5.73. The van der Waals surface area contributed by atoms with E-state index in [-0.39, 0.29) is 0 Å². The van der Waals surface area contributed by atoms with Gasteiger partial charge in [-0.2, -0.15) is 0 Å². The molecular formula is C13H16O4. The summed E-state index contributed by atoms with van der Waals surface area (Å²) < 4.78 is 5.23. The summed E-state index contributed by atoms with van der Waals surface area (Å²) in [7, 11) is 0. The maximum atomic E-state index is 11.1. The van der Waals surface area contributed by atoms with Crippen LogP contribution in [-0.4, -0.2) is 17.0 Å². The van der Waals surface area contributed by atoms with E-state index in [1.807, 2.05) is 6.07 Å². The summed E-state index contributed by atoms with van der Waals surface area (Å²) >= 11 is 0. The molecule has 1 aromatic carbocycles. The zero-order valence-electron chi connectivity index (χ0n) is 10.1. The zero-order valence-corrected chi connectivity index (χ0v) is 10.1. The van der Waals surface area contributed by atoms with E-state index in [0.717, 1.165) is 0 Å². The molecule has 1 N–H and O–H groups in total. The Hall–Kier alpha value is -1.84. The highest BCUT2D eigenvalue weighted by atomic mass is 16.6. The van der Waals surface area contributed by atoms with Crippen LogP contribution in [-0.2, 0) is 19.9 Å². The van der Waals surface area contributed by atoms with Crippen LogP contribution in [0, 0.1) is 5.92 Å². The summed E-state index contributed by atoms with van der Waals surface area (Å²) in [6, 6.07) is 8.89. The van der Waals surface area contributed by atoms with Crippen molar-refractivity contribution in [3.8, 4) is 0 Å². The van der Waals surface area contributed by atoms with Gasteiger partial charge in [0.05, 0.1) is 5.92 Å². The number of aliphatic carboxylic acids is 1. The monoisotopic (exact) mass is 236 g/mol. The smallest absolute Gasteiger partial charge is 0.310 e. The molecule has 0 bridgehead atoms. The van der Waals surface area contributed by atoms with E-state index in [1.54, 1.807) is 31.2 Å². The number of benzene rings is 1. The molecule has 2 atom stereocenters. The van der Waals surface area contributed by atoms with Crippen LogP contribution in [0.2, 0.25) is 0 Å². The topological polar surface area (TPSA) is 63.6 Å². The summed E-state index contributed by atoms with van der Waals surface area (Å²) in [5.74, 6) is -2.32. The molecule has 1 unspecified atom stereocenters. The van der Waals surface area contributed by atoms with Gasteiger partial charge in [-0.1, -0.05) is 30.3 Å². The number of carboxylic acids is 1. The van der Waals surface area contributed by atoms with E-state index < -0.39 is 23.5 Å². The Morgan fingerprint density at radius 2 is 1.82 bits per heavy atom. The molecule has 0 aliphatic carbocycles. The highest BCUT2D eigenvalue weighted by Gasteiger charge is 2.40. The molecule has 0 aromatic heterocycles. The lowest BCUT2D eigenvalue weighted by atomic mass is 9.83. The lowest BCUT2D eigenvalue weighted by molar-refractivity contribution is -0.170. The molecule has 92 valence electrons. The molecule has 0 radical (unpaired) electrons. The quantitative estimate of drug-likeness (QED) is 0.814. The molecule has 0 fully saturated rings. The second-order valence-corrected chi connectivity index (χ2v) is 4.13. The Morgan fingerprint density at radius 1 is 1.29 bits per heavy atom. The molecule has 4 heteroatoms. The molecule has 0 saturated carbocycles. The largest absolute Gasteiger partial charge is 0.481 e. The van der Waals surface area contributed by atoms with Crippen LogP contribution in [0.1, 0.15) is 26.3 Å². The average molecular weight is 236 g/mol. The Labute approximate surface area is 100 Å².